The molecule has 0 radical (unpaired) electrons. The summed E-state index contributed by atoms with van der Waals surface area (Å²) in [4.78, 5) is 17.4. The van der Waals surface area contributed by atoms with Crippen molar-refractivity contribution in [1.82, 2.24) is 15.5 Å². The van der Waals surface area contributed by atoms with Crippen LogP contribution in [0, 0.1) is 5.92 Å². The van der Waals surface area contributed by atoms with E-state index in [0.717, 1.165) is 25.7 Å². The molecule has 1 aromatic carbocycles. The number of nitrogens with zero attached hydrogens (tertiary/aromatic N) is 2. The Morgan fingerprint density at radius 3 is 2.28 bits per heavy atom. The fourth-order valence-corrected chi connectivity index (χ4v) is 3.47. The highest BCUT2D eigenvalue weighted by atomic mass is 35.5. The second-order valence-corrected chi connectivity index (χ2v) is 7.62. The Kier molecular flexibility index (Phi) is 7.48. The third-order valence-corrected chi connectivity index (χ3v) is 5.22. The Balaban J connectivity index is 0.00000300. The monoisotopic (exact) mass is 424 g/mol. The van der Waals surface area contributed by atoms with E-state index in [2.05, 4.69) is 15.5 Å². The van der Waals surface area contributed by atoms with Crippen molar-refractivity contribution < 1.29 is 18.8 Å². The minimum absolute atomic E-state index is 0. The lowest BCUT2D eigenvalue weighted by molar-refractivity contribution is 0.0913. The highest BCUT2D eigenvalue weighted by Crippen LogP contribution is 2.35. The van der Waals surface area contributed by atoms with Crippen molar-refractivity contribution in [3.05, 3.63) is 35.5 Å². The molecule has 1 aromatic heterocycles. The van der Waals surface area contributed by atoms with E-state index in [-0.39, 0.29) is 24.2 Å². The van der Waals surface area contributed by atoms with Crippen LogP contribution in [0.15, 0.2) is 22.7 Å². The lowest BCUT2D eigenvalue weighted by atomic mass is 9.98. The van der Waals surface area contributed by atoms with E-state index in [0.29, 0.717) is 28.8 Å². The molecule has 2 aromatic rings. The van der Waals surface area contributed by atoms with Crippen molar-refractivity contribution in [1.29, 1.82) is 0 Å². The molecule has 1 amide bonds. The second kappa shape index (κ2) is 9.45. The molecular formula is C20H29ClN4O4. The van der Waals surface area contributed by atoms with Crippen LogP contribution >= 0.6 is 12.4 Å². The first-order valence-electron chi connectivity index (χ1n) is 9.53. The summed E-state index contributed by atoms with van der Waals surface area (Å²) >= 11 is 0. The normalized spacial score (nSPS) is 16.2. The van der Waals surface area contributed by atoms with Gasteiger partial charge in [0.1, 0.15) is 17.5 Å². The van der Waals surface area contributed by atoms with Crippen LogP contribution in [0.4, 0.5) is 0 Å². The maximum Gasteiger partial charge on any atom is 0.252 e. The van der Waals surface area contributed by atoms with Crippen molar-refractivity contribution in [2.75, 3.05) is 14.2 Å². The van der Waals surface area contributed by atoms with E-state index < -0.39 is 11.6 Å². The van der Waals surface area contributed by atoms with E-state index in [1.807, 2.05) is 13.8 Å². The molecule has 1 saturated carbocycles. The van der Waals surface area contributed by atoms with Crippen LogP contribution < -0.4 is 20.5 Å². The van der Waals surface area contributed by atoms with Gasteiger partial charge in [-0.2, -0.15) is 4.98 Å². The quantitative estimate of drug-likeness (QED) is 0.700. The first-order chi connectivity index (χ1) is 13.4. The predicted molar refractivity (Wildman–Crippen MR) is 110 cm³/mol. The number of aromatic nitrogens is 2. The predicted octanol–water partition coefficient (Wildman–Crippen LogP) is 3.36. The van der Waals surface area contributed by atoms with E-state index in [1.165, 1.54) is 0 Å². The Bertz CT molecular complexity index is 811. The Morgan fingerprint density at radius 2 is 1.76 bits per heavy atom. The number of nitrogens with two attached hydrogens (primary N) is 1. The van der Waals surface area contributed by atoms with Crippen molar-refractivity contribution in [3.63, 3.8) is 0 Å². The molecule has 29 heavy (non-hydrogen) atoms. The number of methoxy groups -OCH3 is 2. The third-order valence-electron chi connectivity index (χ3n) is 5.22. The molecule has 9 heteroatoms. The first-order valence-corrected chi connectivity index (χ1v) is 9.53. The molecule has 0 aliphatic heterocycles. The molecule has 1 unspecified atom stereocenters. The number of hydrogen-bond donors (Lipinski definition) is 2. The molecule has 1 atom stereocenters. The summed E-state index contributed by atoms with van der Waals surface area (Å²) in [5.41, 5.74) is 6.32. The number of rotatable bonds is 7. The molecule has 8 nitrogen and oxygen atoms in total. The molecule has 0 saturated heterocycles. The number of carbonyl (C=O) groups is 1. The van der Waals surface area contributed by atoms with Gasteiger partial charge in [-0.1, -0.05) is 31.8 Å². The van der Waals surface area contributed by atoms with Crippen molar-refractivity contribution in [2.24, 2.45) is 11.7 Å². The standard InChI is InChI=1S/C20H28N4O4.ClH/c1-12(2)16(18-23-19(24-28-18)20(21)7-5-6-8-20)22-17(25)13-9-14(26-3)11-15(10-13)27-4;/h9-12,16H,5-8,21H2,1-4H3,(H,22,25);1H. The van der Waals surface area contributed by atoms with Gasteiger partial charge in [-0.3, -0.25) is 4.79 Å². The van der Waals surface area contributed by atoms with Crippen LogP contribution in [0.5, 0.6) is 11.5 Å². The molecule has 0 bridgehead atoms. The number of halogens is 1. The van der Waals surface area contributed by atoms with E-state index in [1.54, 1.807) is 32.4 Å². The van der Waals surface area contributed by atoms with Gasteiger partial charge in [-0.25, -0.2) is 0 Å². The average Bonchev–Trinajstić information content (AvgIpc) is 3.35. The van der Waals surface area contributed by atoms with E-state index in [4.69, 9.17) is 19.7 Å². The SMILES string of the molecule is COc1cc(OC)cc(C(=O)NC(c2nc(C3(N)CCCC3)no2)C(C)C)c1.Cl. The van der Waals surface area contributed by atoms with Gasteiger partial charge >= 0.3 is 0 Å². The fourth-order valence-electron chi connectivity index (χ4n) is 3.47. The summed E-state index contributed by atoms with van der Waals surface area (Å²) in [6.07, 6.45) is 3.80. The average molecular weight is 425 g/mol. The number of hydrogen-bond acceptors (Lipinski definition) is 7. The minimum Gasteiger partial charge on any atom is -0.497 e. The lowest BCUT2D eigenvalue weighted by Gasteiger charge is -2.20. The maximum atomic E-state index is 12.9. The van der Waals surface area contributed by atoms with Gasteiger partial charge in [0.25, 0.3) is 5.91 Å². The van der Waals surface area contributed by atoms with Crippen LogP contribution in [-0.4, -0.2) is 30.3 Å². The number of benzene rings is 1. The summed E-state index contributed by atoms with van der Waals surface area (Å²) in [5.74, 6) is 1.72. The molecule has 3 rings (SSSR count). The summed E-state index contributed by atoms with van der Waals surface area (Å²) in [6, 6.07) is 4.59. The summed E-state index contributed by atoms with van der Waals surface area (Å²) in [6.45, 7) is 3.96. The molecule has 1 heterocycles. The topological polar surface area (TPSA) is 112 Å². The largest absolute Gasteiger partial charge is 0.497 e. The Labute approximate surface area is 176 Å². The zero-order chi connectivity index (χ0) is 20.3. The molecule has 1 fully saturated rings. The molecule has 160 valence electrons. The highest BCUT2D eigenvalue weighted by molar-refractivity contribution is 5.95. The van der Waals surface area contributed by atoms with E-state index >= 15 is 0 Å². The number of ether oxygens (including phenoxy) is 2. The smallest absolute Gasteiger partial charge is 0.252 e. The van der Waals surface area contributed by atoms with Crippen LogP contribution in [0.25, 0.3) is 0 Å². The third kappa shape index (κ3) is 5.00. The molecule has 1 aliphatic carbocycles. The summed E-state index contributed by atoms with van der Waals surface area (Å²) in [5, 5.41) is 7.09. The first kappa shape index (κ1) is 23.0. The Morgan fingerprint density at radius 1 is 1.17 bits per heavy atom. The molecule has 1 aliphatic rings. The number of carbonyl (C=O) groups excluding carboxylic acids is 1. The van der Waals surface area contributed by atoms with Gasteiger partial charge in [0.05, 0.1) is 19.8 Å². The van der Waals surface area contributed by atoms with Gasteiger partial charge in [0, 0.05) is 11.6 Å². The number of amides is 1. The van der Waals surface area contributed by atoms with Crippen molar-refractivity contribution >= 4 is 18.3 Å². The van der Waals surface area contributed by atoms with Gasteiger partial charge in [0.2, 0.25) is 5.89 Å². The summed E-state index contributed by atoms with van der Waals surface area (Å²) in [7, 11) is 3.08. The fraction of sp³-hybridized carbons (Fsp3) is 0.550. The van der Waals surface area contributed by atoms with Crippen molar-refractivity contribution in [3.8, 4) is 11.5 Å². The molecular weight excluding hydrogens is 396 g/mol. The van der Waals surface area contributed by atoms with Crippen LogP contribution in [-0.2, 0) is 5.54 Å². The van der Waals surface area contributed by atoms with Crippen LogP contribution in [0.1, 0.15) is 67.6 Å². The maximum absolute atomic E-state index is 12.9. The zero-order valence-corrected chi connectivity index (χ0v) is 18.0. The van der Waals surface area contributed by atoms with E-state index in [9.17, 15) is 4.79 Å². The second-order valence-electron chi connectivity index (χ2n) is 7.62. The van der Waals surface area contributed by atoms with Gasteiger partial charge in [-0.15, -0.1) is 12.4 Å². The molecule has 3 N–H and O–H groups in total. The van der Waals surface area contributed by atoms with Crippen LogP contribution in [0.3, 0.4) is 0 Å². The molecule has 0 spiro atoms. The highest BCUT2D eigenvalue weighted by Gasteiger charge is 2.37. The zero-order valence-electron chi connectivity index (χ0n) is 17.2. The van der Waals surface area contributed by atoms with Crippen LogP contribution in [0.2, 0.25) is 0 Å². The lowest BCUT2D eigenvalue weighted by Crippen LogP contribution is -2.35. The number of nitrogens with one attached hydrogen (secondary N) is 1. The Hall–Kier alpha value is -2.32. The summed E-state index contributed by atoms with van der Waals surface area (Å²) < 4.78 is 16.0. The van der Waals surface area contributed by atoms with Gasteiger partial charge < -0.3 is 25.0 Å². The minimum atomic E-state index is -0.534. The van der Waals surface area contributed by atoms with Gasteiger partial charge in [-0.05, 0) is 30.9 Å². The van der Waals surface area contributed by atoms with Crippen molar-refractivity contribution in [2.45, 2.75) is 51.1 Å². The van der Waals surface area contributed by atoms with Gasteiger partial charge in [0.15, 0.2) is 5.82 Å².